The van der Waals surface area contributed by atoms with Gasteiger partial charge in [-0.05, 0) is 42.5 Å². The summed E-state index contributed by atoms with van der Waals surface area (Å²) in [7, 11) is 1.73. The molecule has 0 spiro atoms. The zero-order valence-corrected chi connectivity index (χ0v) is 15.8. The third-order valence-corrected chi connectivity index (χ3v) is 4.04. The number of nitrogens with one attached hydrogen (secondary N) is 2. The van der Waals surface area contributed by atoms with Gasteiger partial charge in [0.1, 0.15) is 18.2 Å². The van der Waals surface area contributed by atoms with Gasteiger partial charge >= 0.3 is 0 Å². The average Bonchev–Trinajstić information content (AvgIpc) is 3.20. The molecule has 7 heteroatoms. The lowest BCUT2D eigenvalue weighted by atomic mass is 10.3. The Kier molecular flexibility index (Phi) is 7.01. The number of nitrogens with zero attached hydrogens (tertiary/aromatic N) is 3. The maximum absolute atomic E-state index is 13.0. The number of aliphatic imine (C=N–C) groups is 1. The predicted octanol–water partition coefficient (Wildman–Crippen LogP) is 2.80. The summed E-state index contributed by atoms with van der Waals surface area (Å²) in [6.07, 6.45) is 2.62. The van der Waals surface area contributed by atoms with E-state index in [1.807, 2.05) is 42.6 Å². The molecule has 0 atom stereocenters. The Morgan fingerprint density at radius 1 is 1.04 bits per heavy atom. The van der Waals surface area contributed by atoms with Crippen LogP contribution in [0.25, 0.3) is 5.69 Å². The second-order valence-corrected chi connectivity index (χ2v) is 6.07. The number of aromatic nitrogens is 2. The highest BCUT2D eigenvalue weighted by molar-refractivity contribution is 5.79. The van der Waals surface area contributed by atoms with Gasteiger partial charge < -0.3 is 15.4 Å². The summed E-state index contributed by atoms with van der Waals surface area (Å²) in [5.41, 5.74) is 1.77. The molecule has 0 radical (unpaired) electrons. The molecule has 0 saturated carbocycles. The Hall–Kier alpha value is -3.35. The van der Waals surface area contributed by atoms with Gasteiger partial charge in [-0.2, -0.15) is 5.10 Å². The number of para-hydroxylation sites is 1. The summed E-state index contributed by atoms with van der Waals surface area (Å²) in [4.78, 5) is 4.20. The fourth-order valence-electron chi connectivity index (χ4n) is 2.62. The van der Waals surface area contributed by atoms with Crippen molar-refractivity contribution in [3.8, 4) is 11.4 Å². The van der Waals surface area contributed by atoms with Gasteiger partial charge in [0.15, 0.2) is 5.96 Å². The number of ether oxygens (including phenoxy) is 1. The molecule has 2 N–H and O–H groups in total. The fraction of sp³-hybridized carbons (Fsp3) is 0.238. The van der Waals surface area contributed by atoms with Crippen molar-refractivity contribution in [3.63, 3.8) is 0 Å². The second kappa shape index (κ2) is 10.1. The molecule has 28 heavy (non-hydrogen) atoms. The van der Waals surface area contributed by atoms with Crippen molar-refractivity contribution in [2.75, 3.05) is 26.7 Å². The smallest absolute Gasteiger partial charge is 0.191 e. The largest absolute Gasteiger partial charge is 0.492 e. The summed E-state index contributed by atoms with van der Waals surface area (Å²) < 4.78 is 20.4. The first-order chi connectivity index (χ1) is 13.7. The minimum absolute atomic E-state index is 0.256. The highest BCUT2D eigenvalue weighted by Crippen LogP contribution is 2.09. The molecular formula is C21H24FN5O. The van der Waals surface area contributed by atoms with Crippen LogP contribution in [0.5, 0.6) is 5.75 Å². The first-order valence-corrected chi connectivity index (χ1v) is 9.17. The van der Waals surface area contributed by atoms with E-state index in [4.69, 9.17) is 4.74 Å². The Morgan fingerprint density at radius 2 is 1.79 bits per heavy atom. The minimum atomic E-state index is -0.256. The number of guanidine groups is 1. The van der Waals surface area contributed by atoms with Crippen molar-refractivity contribution in [1.29, 1.82) is 0 Å². The molecule has 0 aliphatic rings. The van der Waals surface area contributed by atoms with Crippen LogP contribution in [-0.4, -0.2) is 42.5 Å². The quantitative estimate of drug-likeness (QED) is 0.358. The van der Waals surface area contributed by atoms with E-state index < -0.39 is 0 Å². The summed E-state index contributed by atoms with van der Waals surface area (Å²) in [6, 6.07) is 17.9. The van der Waals surface area contributed by atoms with E-state index in [0.717, 1.165) is 29.5 Å². The zero-order chi connectivity index (χ0) is 19.6. The van der Waals surface area contributed by atoms with E-state index in [1.165, 1.54) is 12.1 Å². The highest BCUT2D eigenvalue weighted by Gasteiger charge is 2.03. The van der Waals surface area contributed by atoms with E-state index in [1.54, 1.807) is 23.9 Å². The summed E-state index contributed by atoms with van der Waals surface area (Å²) in [6.45, 7) is 1.89. The third-order valence-electron chi connectivity index (χ3n) is 4.04. The first kappa shape index (κ1) is 19.4. The van der Waals surface area contributed by atoms with Gasteiger partial charge in [-0.3, -0.25) is 4.99 Å². The molecule has 0 aliphatic carbocycles. The van der Waals surface area contributed by atoms with Crippen molar-refractivity contribution < 1.29 is 9.13 Å². The minimum Gasteiger partial charge on any atom is -0.492 e. The lowest BCUT2D eigenvalue weighted by Gasteiger charge is -2.12. The normalized spacial score (nSPS) is 11.3. The molecule has 0 amide bonds. The van der Waals surface area contributed by atoms with Gasteiger partial charge in [-0.15, -0.1) is 0 Å². The van der Waals surface area contributed by atoms with Crippen LogP contribution in [0, 0.1) is 5.82 Å². The number of halogens is 1. The van der Waals surface area contributed by atoms with Gasteiger partial charge in [0, 0.05) is 26.2 Å². The maximum Gasteiger partial charge on any atom is 0.191 e. The third kappa shape index (κ3) is 5.84. The number of hydrogen-bond donors (Lipinski definition) is 2. The molecule has 0 bridgehead atoms. The average molecular weight is 381 g/mol. The van der Waals surface area contributed by atoms with E-state index >= 15 is 0 Å². The first-order valence-electron chi connectivity index (χ1n) is 9.17. The van der Waals surface area contributed by atoms with E-state index in [0.29, 0.717) is 19.7 Å². The summed E-state index contributed by atoms with van der Waals surface area (Å²) >= 11 is 0. The predicted molar refractivity (Wildman–Crippen MR) is 109 cm³/mol. The van der Waals surface area contributed by atoms with Crippen LogP contribution in [-0.2, 0) is 6.42 Å². The molecular weight excluding hydrogens is 357 g/mol. The second-order valence-electron chi connectivity index (χ2n) is 6.07. The van der Waals surface area contributed by atoms with Crippen molar-refractivity contribution in [2.45, 2.75) is 6.42 Å². The molecule has 0 unspecified atom stereocenters. The van der Waals surface area contributed by atoms with Crippen molar-refractivity contribution in [2.24, 2.45) is 4.99 Å². The lowest BCUT2D eigenvalue weighted by Crippen LogP contribution is -2.40. The molecule has 6 nitrogen and oxygen atoms in total. The van der Waals surface area contributed by atoms with E-state index in [9.17, 15) is 4.39 Å². The van der Waals surface area contributed by atoms with Crippen LogP contribution in [0.3, 0.4) is 0 Å². The molecule has 0 aliphatic heterocycles. The van der Waals surface area contributed by atoms with Crippen LogP contribution >= 0.6 is 0 Å². The molecule has 2 aromatic carbocycles. The molecule has 146 valence electrons. The fourth-order valence-corrected chi connectivity index (χ4v) is 2.62. The SMILES string of the molecule is CN=C(NCCOc1ccccc1)NCCc1ccn(-c2ccc(F)cc2)n1. The molecule has 0 fully saturated rings. The Bertz CT molecular complexity index is 877. The van der Waals surface area contributed by atoms with E-state index in [2.05, 4.69) is 20.7 Å². The summed E-state index contributed by atoms with van der Waals surface area (Å²) in [5, 5.41) is 11.0. The Balaban J connectivity index is 1.38. The number of hydrogen-bond acceptors (Lipinski definition) is 3. The van der Waals surface area contributed by atoms with Gasteiger partial charge in [0.05, 0.1) is 17.9 Å². The van der Waals surface area contributed by atoms with Gasteiger partial charge in [-0.25, -0.2) is 9.07 Å². The van der Waals surface area contributed by atoms with Crippen molar-refractivity contribution >= 4 is 5.96 Å². The van der Waals surface area contributed by atoms with E-state index in [-0.39, 0.29) is 5.82 Å². The topological polar surface area (TPSA) is 63.5 Å². The van der Waals surface area contributed by atoms with Gasteiger partial charge in [0.25, 0.3) is 0 Å². The highest BCUT2D eigenvalue weighted by atomic mass is 19.1. The molecule has 3 aromatic rings. The Morgan fingerprint density at radius 3 is 2.54 bits per heavy atom. The molecule has 3 rings (SSSR count). The Labute approximate surface area is 164 Å². The van der Waals surface area contributed by atoms with Crippen molar-refractivity contribution in [3.05, 3.63) is 78.4 Å². The number of rotatable bonds is 8. The van der Waals surface area contributed by atoms with Gasteiger partial charge in [-0.1, -0.05) is 18.2 Å². The molecule has 1 aromatic heterocycles. The molecule has 1 heterocycles. The maximum atomic E-state index is 13.0. The molecule has 0 saturated heterocycles. The standard InChI is InChI=1S/C21H24FN5O/c1-23-21(25-14-16-28-20-5-3-2-4-6-20)24-13-11-18-12-15-27(26-18)19-9-7-17(22)8-10-19/h2-10,12,15H,11,13-14,16H2,1H3,(H2,23,24,25). The summed E-state index contributed by atoms with van der Waals surface area (Å²) in [5.74, 6) is 1.31. The number of benzene rings is 2. The zero-order valence-electron chi connectivity index (χ0n) is 15.8. The lowest BCUT2D eigenvalue weighted by molar-refractivity contribution is 0.322. The van der Waals surface area contributed by atoms with Crippen LogP contribution < -0.4 is 15.4 Å². The van der Waals surface area contributed by atoms with Crippen LogP contribution in [0.15, 0.2) is 71.9 Å². The van der Waals surface area contributed by atoms with Gasteiger partial charge in [0.2, 0.25) is 0 Å². The monoisotopic (exact) mass is 381 g/mol. The van der Waals surface area contributed by atoms with Crippen LogP contribution in [0.1, 0.15) is 5.69 Å². The van der Waals surface area contributed by atoms with Crippen molar-refractivity contribution in [1.82, 2.24) is 20.4 Å². The van der Waals surface area contributed by atoms with Crippen LogP contribution in [0.4, 0.5) is 4.39 Å². The van der Waals surface area contributed by atoms with Crippen LogP contribution in [0.2, 0.25) is 0 Å².